The minimum absolute atomic E-state index is 0.0203. The summed E-state index contributed by atoms with van der Waals surface area (Å²) in [5.74, 6) is 0.612. The minimum atomic E-state index is -0.537. The van der Waals surface area contributed by atoms with Crippen LogP contribution in [-0.2, 0) is 6.54 Å². The first-order valence-corrected chi connectivity index (χ1v) is 11.1. The second kappa shape index (κ2) is 8.43. The number of H-pyrrole nitrogens is 1. The van der Waals surface area contributed by atoms with Crippen molar-refractivity contribution in [2.45, 2.75) is 19.5 Å². The van der Waals surface area contributed by atoms with Crippen LogP contribution in [0, 0.1) is 6.92 Å². The first-order chi connectivity index (χ1) is 16.4. The number of nitrogens with one attached hydrogen (secondary N) is 1. The van der Waals surface area contributed by atoms with E-state index < -0.39 is 6.04 Å². The average molecular weight is 476 g/mol. The van der Waals surface area contributed by atoms with Crippen LogP contribution in [-0.4, -0.2) is 38.3 Å². The molecule has 0 spiro atoms. The van der Waals surface area contributed by atoms with Crippen molar-refractivity contribution in [1.29, 1.82) is 0 Å². The molecule has 0 saturated heterocycles. The Bertz CT molecular complexity index is 1400. The molecule has 3 N–H and O–H groups in total. The molecule has 1 amide bonds. The number of ether oxygens (including phenoxy) is 1. The molecule has 7 nitrogen and oxygen atoms in total. The van der Waals surface area contributed by atoms with Gasteiger partial charge in [0, 0.05) is 22.7 Å². The molecule has 1 aliphatic heterocycles. The van der Waals surface area contributed by atoms with Gasteiger partial charge in [-0.05, 0) is 60.0 Å². The summed E-state index contributed by atoms with van der Waals surface area (Å²) in [6.07, 6.45) is 0. The van der Waals surface area contributed by atoms with Crippen LogP contribution in [0.15, 0.2) is 60.7 Å². The smallest absolute Gasteiger partial charge is 0.273 e. The van der Waals surface area contributed by atoms with Crippen LogP contribution in [0.1, 0.15) is 38.8 Å². The van der Waals surface area contributed by atoms with Crippen molar-refractivity contribution < 1.29 is 19.7 Å². The van der Waals surface area contributed by atoms with Gasteiger partial charge in [-0.3, -0.25) is 9.89 Å². The summed E-state index contributed by atoms with van der Waals surface area (Å²) in [6, 6.07) is 17.0. The SMILES string of the molecule is COc1ccc(CN2C(=O)c3[nH]nc(-c4cc(Cl)c(C)cc4O)c3[C@H]2c2cccc(O)c2)cc1. The van der Waals surface area contributed by atoms with Crippen LogP contribution in [0.2, 0.25) is 5.02 Å². The third kappa shape index (κ3) is 3.64. The molecule has 4 aromatic rings. The van der Waals surface area contributed by atoms with Crippen LogP contribution >= 0.6 is 11.6 Å². The summed E-state index contributed by atoms with van der Waals surface area (Å²) in [5.41, 5.74) is 4.20. The molecule has 1 atom stereocenters. The number of carbonyl (C=O) groups excluding carboxylic acids is 1. The molecule has 0 aliphatic carbocycles. The van der Waals surface area contributed by atoms with E-state index >= 15 is 0 Å². The summed E-state index contributed by atoms with van der Waals surface area (Å²) in [7, 11) is 1.60. The molecule has 8 heteroatoms. The van der Waals surface area contributed by atoms with Crippen molar-refractivity contribution in [2.24, 2.45) is 0 Å². The Kier molecular flexibility index (Phi) is 5.42. The van der Waals surface area contributed by atoms with E-state index in [1.54, 1.807) is 49.3 Å². The average Bonchev–Trinajstić information content (AvgIpc) is 3.36. The van der Waals surface area contributed by atoms with Crippen molar-refractivity contribution in [3.8, 4) is 28.5 Å². The molecule has 0 fully saturated rings. The van der Waals surface area contributed by atoms with Gasteiger partial charge in [0.1, 0.15) is 28.6 Å². The lowest BCUT2D eigenvalue weighted by molar-refractivity contribution is 0.0730. The zero-order valence-corrected chi connectivity index (χ0v) is 19.3. The van der Waals surface area contributed by atoms with Crippen LogP contribution in [0.5, 0.6) is 17.2 Å². The van der Waals surface area contributed by atoms with Crippen molar-refractivity contribution in [2.75, 3.05) is 7.11 Å². The molecule has 2 heterocycles. The maximum atomic E-state index is 13.5. The maximum absolute atomic E-state index is 13.5. The van der Waals surface area contributed by atoms with Crippen molar-refractivity contribution in [3.63, 3.8) is 0 Å². The van der Waals surface area contributed by atoms with E-state index in [4.69, 9.17) is 16.3 Å². The predicted octanol–water partition coefficient (Wildman–Crippen LogP) is 5.20. The Hall–Kier alpha value is -3.97. The summed E-state index contributed by atoms with van der Waals surface area (Å²) < 4.78 is 5.24. The highest BCUT2D eigenvalue weighted by Crippen LogP contribution is 2.46. The van der Waals surface area contributed by atoms with Gasteiger partial charge in [-0.25, -0.2) is 0 Å². The minimum Gasteiger partial charge on any atom is -0.508 e. The van der Waals surface area contributed by atoms with E-state index in [9.17, 15) is 15.0 Å². The number of aromatic nitrogens is 2. The molecule has 0 unspecified atom stereocenters. The third-order valence-electron chi connectivity index (χ3n) is 6.09. The maximum Gasteiger partial charge on any atom is 0.273 e. The van der Waals surface area contributed by atoms with Crippen LogP contribution in [0.25, 0.3) is 11.3 Å². The zero-order valence-electron chi connectivity index (χ0n) is 18.5. The number of fused-ring (bicyclic) bond motifs is 1. The van der Waals surface area contributed by atoms with E-state index in [-0.39, 0.29) is 17.4 Å². The van der Waals surface area contributed by atoms with Gasteiger partial charge in [-0.15, -0.1) is 0 Å². The van der Waals surface area contributed by atoms with Crippen LogP contribution in [0.3, 0.4) is 0 Å². The number of methoxy groups -OCH3 is 1. The van der Waals surface area contributed by atoms with Gasteiger partial charge in [-0.2, -0.15) is 5.10 Å². The molecule has 1 aromatic heterocycles. The van der Waals surface area contributed by atoms with Gasteiger partial charge in [-0.1, -0.05) is 35.9 Å². The Morgan fingerprint density at radius 3 is 2.59 bits per heavy atom. The quantitative estimate of drug-likeness (QED) is 0.368. The number of benzene rings is 3. The van der Waals surface area contributed by atoms with Gasteiger partial charge in [0.2, 0.25) is 0 Å². The Labute approximate surface area is 201 Å². The summed E-state index contributed by atoms with van der Waals surface area (Å²) in [6.45, 7) is 2.13. The Morgan fingerprint density at radius 2 is 1.88 bits per heavy atom. The largest absolute Gasteiger partial charge is 0.508 e. The third-order valence-corrected chi connectivity index (χ3v) is 6.50. The van der Waals surface area contributed by atoms with E-state index in [1.165, 1.54) is 0 Å². The number of phenols is 2. The van der Waals surface area contributed by atoms with E-state index in [0.717, 1.165) is 22.4 Å². The number of halogens is 1. The predicted molar refractivity (Wildman–Crippen MR) is 128 cm³/mol. The van der Waals surface area contributed by atoms with Gasteiger partial charge in [0.05, 0.1) is 13.2 Å². The number of hydrogen-bond donors (Lipinski definition) is 3. The normalized spacial score (nSPS) is 15.0. The van der Waals surface area contributed by atoms with E-state index in [1.807, 2.05) is 30.3 Å². The number of aromatic hydroxyl groups is 2. The number of carbonyl (C=O) groups is 1. The zero-order chi connectivity index (χ0) is 24.0. The Balaban J connectivity index is 1.65. The number of nitrogens with zero attached hydrogens (tertiary/aromatic N) is 2. The van der Waals surface area contributed by atoms with Gasteiger partial charge in [0.15, 0.2) is 0 Å². The van der Waals surface area contributed by atoms with Crippen LogP contribution in [0.4, 0.5) is 0 Å². The molecule has 0 radical (unpaired) electrons. The van der Waals surface area contributed by atoms with E-state index in [0.29, 0.717) is 34.1 Å². The van der Waals surface area contributed by atoms with Crippen molar-refractivity contribution in [1.82, 2.24) is 15.1 Å². The first kappa shape index (κ1) is 21.9. The molecule has 3 aromatic carbocycles. The lowest BCUT2D eigenvalue weighted by Crippen LogP contribution is -2.29. The number of aromatic amines is 1. The lowest BCUT2D eigenvalue weighted by atomic mass is 9.95. The summed E-state index contributed by atoms with van der Waals surface area (Å²) in [5, 5.41) is 28.6. The van der Waals surface area contributed by atoms with Crippen molar-refractivity contribution in [3.05, 3.63) is 93.6 Å². The van der Waals surface area contributed by atoms with E-state index in [2.05, 4.69) is 10.2 Å². The standard InChI is InChI=1S/C26H22ClN3O4/c1-14-10-21(32)19(12-20(14)27)23-22-24(29-28-23)26(33)30(13-15-6-8-18(34-2)9-7-15)25(22)16-4-3-5-17(31)11-16/h3-12,25,31-32H,13H2,1-2H3,(H,28,29)/t25-/m1/s1. The summed E-state index contributed by atoms with van der Waals surface area (Å²) in [4.78, 5) is 15.2. The fourth-order valence-electron chi connectivity index (χ4n) is 4.39. The fourth-order valence-corrected chi connectivity index (χ4v) is 4.55. The number of rotatable bonds is 5. The molecule has 0 bridgehead atoms. The topological polar surface area (TPSA) is 98.7 Å². The molecular formula is C26H22ClN3O4. The summed E-state index contributed by atoms with van der Waals surface area (Å²) >= 11 is 6.35. The second-order valence-electron chi connectivity index (χ2n) is 8.26. The highest BCUT2D eigenvalue weighted by molar-refractivity contribution is 6.31. The lowest BCUT2D eigenvalue weighted by Gasteiger charge is -2.27. The van der Waals surface area contributed by atoms with Crippen LogP contribution < -0.4 is 4.74 Å². The number of hydrogen-bond acceptors (Lipinski definition) is 5. The molecular weight excluding hydrogens is 454 g/mol. The first-order valence-electron chi connectivity index (χ1n) is 10.7. The highest BCUT2D eigenvalue weighted by atomic mass is 35.5. The second-order valence-corrected chi connectivity index (χ2v) is 8.67. The highest BCUT2D eigenvalue weighted by Gasteiger charge is 2.42. The number of phenolic OH excluding ortho intramolecular Hbond substituents is 2. The number of amides is 1. The molecule has 5 rings (SSSR count). The number of aryl methyl sites for hydroxylation is 1. The monoisotopic (exact) mass is 475 g/mol. The van der Waals surface area contributed by atoms with Gasteiger partial charge in [0.25, 0.3) is 5.91 Å². The van der Waals surface area contributed by atoms with Gasteiger partial charge < -0.3 is 19.8 Å². The molecule has 172 valence electrons. The van der Waals surface area contributed by atoms with Gasteiger partial charge >= 0.3 is 0 Å². The Morgan fingerprint density at radius 1 is 1.12 bits per heavy atom. The van der Waals surface area contributed by atoms with Crippen molar-refractivity contribution >= 4 is 17.5 Å². The molecule has 0 saturated carbocycles. The fraction of sp³-hybridized carbons (Fsp3) is 0.154. The molecule has 1 aliphatic rings. The molecule has 34 heavy (non-hydrogen) atoms.